The Labute approximate surface area is 209 Å². The topological polar surface area (TPSA) is 48.5 Å². The molecule has 1 aromatic heterocycles. The first-order valence-corrected chi connectivity index (χ1v) is 14.2. The zero-order chi connectivity index (χ0) is 24.7. The molecule has 2 aliphatic heterocycles. The van der Waals surface area contributed by atoms with E-state index < -0.39 is 18.8 Å². The minimum atomic E-state index is -2.36. The predicted molar refractivity (Wildman–Crippen MR) is 140 cm³/mol. The summed E-state index contributed by atoms with van der Waals surface area (Å²) in [6.07, 6.45) is 3.25. The summed E-state index contributed by atoms with van der Waals surface area (Å²) in [5.74, 6) is -0.457. The van der Waals surface area contributed by atoms with Gasteiger partial charge in [-0.1, -0.05) is 35.9 Å². The third kappa shape index (κ3) is 4.57. The first kappa shape index (κ1) is 24.2. The highest BCUT2D eigenvalue weighted by Crippen LogP contribution is 2.46. The highest BCUT2D eigenvalue weighted by atomic mass is 35.5. The highest BCUT2D eigenvalue weighted by molar-refractivity contribution is 7.71. The summed E-state index contributed by atoms with van der Waals surface area (Å²) >= 11 is 6.11. The van der Waals surface area contributed by atoms with Crippen molar-refractivity contribution in [3.63, 3.8) is 0 Å². The fourth-order valence-electron chi connectivity index (χ4n) is 4.94. The van der Waals surface area contributed by atoms with Gasteiger partial charge in [-0.15, -0.1) is 0 Å². The Hall–Kier alpha value is -2.47. The van der Waals surface area contributed by atoms with Crippen molar-refractivity contribution in [2.45, 2.75) is 13.5 Å². The summed E-state index contributed by atoms with van der Waals surface area (Å²) < 4.78 is 42.0. The summed E-state index contributed by atoms with van der Waals surface area (Å²) in [4.78, 5) is 8.84. The quantitative estimate of drug-likeness (QED) is 0.374. The normalized spacial score (nSPS) is 17.7. The molecule has 2 aromatic carbocycles. The summed E-state index contributed by atoms with van der Waals surface area (Å²) in [5.41, 5.74) is 3.88. The van der Waals surface area contributed by atoms with E-state index in [0.717, 1.165) is 52.9 Å². The van der Waals surface area contributed by atoms with Crippen LogP contribution in [-0.2, 0) is 11.1 Å². The van der Waals surface area contributed by atoms with Crippen molar-refractivity contribution >= 4 is 35.6 Å². The van der Waals surface area contributed by atoms with Crippen LogP contribution < -0.4 is 15.5 Å². The Morgan fingerprint density at radius 1 is 1.06 bits per heavy atom. The van der Waals surface area contributed by atoms with E-state index in [0.29, 0.717) is 31.2 Å². The maximum Gasteiger partial charge on any atom is 0.149 e. The van der Waals surface area contributed by atoms with Gasteiger partial charge in [-0.3, -0.25) is 0 Å². The number of pyridine rings is 1. The number of nitrogens with zero attached hydrogens (tertiary/aromatic N) is 3. The number of benzene rings is 2. The van der Waals surface area contributed by atoms with E-state index in [9.17, 15) is 13.3 Å². The first-order valence-electron chi connectivity index (χ1n) is 11.8. The number of nitrogens with one attached hydrogen (secondary N) is 1. The van der Waals surface area contributed by atoms with E-state index in [1.165, 1.54) is 0 Å². The average Bonchev–Trinajstić information content (AvgIpc) is 2.86. The maximum absolute atomic E-state index is 14.5. The van der Waals surface area contributed by atoms with Crippen molar-refractivity contribution in [2.75, 3.05) is 55.8 Å². The number of fused-ring (bicyclic) bond motifs is 1. The monoisotopic (exact) mass is 516 g/mol. The molecule has 0 amide bonds. The van der Waals surface area contributed by atoms with Crippen molar-refractivity contribution < 1.29 is 13.3 Å². The third-order valence-electron chi connectivity index (χ3n) is 7.12. The van der Waals surface area contributed by atoms with E-state index in [-0.39, 0.29) is 17.1 Å². The van der Waals surface area contributed by atoms with E-state index in [1.807, 2.05) is 42.3 Å². The second-order valence-corrected chi connectivity index (χ2v) is 12.9. The lowest BCUT2D eigenvalue weighted by Crippen LogP contribution is -2.35. The van der Waals surface area contributed by atoms with Crippen LogP contribution in [0.1, 0.15) is 11.1 Å². The van der Waals surface area contributed by atoms with Crippen LogP contribution in [0.25, 0.3) is 11.1 Å². The number of hydrogen-bond acceptors (Lipinski definition) is 5. The molecule has 2 aliphatic rings. The van der Waals surface area contributed by atoms with Crippen LogP contribution in [0.3, 0.4) is 0 Å². The Morgan fingerprint density at radius 2 is 1.74 bits per heavy atom. The van der Waals surface area contributed by atoms with Crippen LogP contribution in [0.5, 0.6) is 0 Å². The molecule has 0 saturated carbocycles. The molecular formula is C26H28ClF2N4OP. The number of halogens is 3. The van der Waals surface area contributed by atoms with Crippen LogP contribution in [0.15, 0.2) is 42.6 Å². The second kappa shape index (κ2) is 9.53. The minimum absolute atomic E-state index is 0.136. The molecule has 0 aliphatic carbocycles. The van der Waals surface area contributed by atoms with Crippen LogP contribution in [0, 0.1) is 18.6 Å². The van der Waals surface area contributed by atoms with Gasteiger partial charge < -0.3 is 19.7 Å². The van der Waals surface area contributed by atoms with Gasteiger partial charge in [-0.05, 0) is 37.2 Å². The smallest absolute Gasteiger partial charge is 0.149 e. The molecule has 3 heterocycles. The SMILES string of the molecule is Cc1c(-c2ccc(P3(=O)CCN(C)CC3)cc2)cnc2c1N(Cc1c(F)ccc(F)c1Cl)CCN2. The van der Waals surface area contributed by atoms with Crippen molar-refractivity contribution in [1.82, 2.24) is 9.88 Å². The first-order chi connectivity index (χ1) is 16.8. The highest BCUT2D eigenvalue weighted by Gasteiger charge is 2.29. The molecule has 5 nitrogen and oxygen atoms in total. The molecule has 9 heteroatoms. The lowest BCUT2D eigenvalue weighted by molar-refractivity contribution is 0.361. The average molecular weight is 517 g/mol. The Bertz CT molecular complexity index is 1310. The van der Waals surface area contributed by atoms with E-state index >= 15 is 0 Å². The molecule has 184 valence electrons. The lowest BCUT2D eigenvalue weighted by atomic mass is 10.00. The molecule has 1 N–H and O–H groups in total. The fraction of sp³-hybridized carbons (Fsp3) is 0.346. The van der Waals surface area contributed by atoms with Gasteiger partial charge in [0.1, 0.15) is 24.6 Å². The second-order valence-electron chi connectivity index (χ2n) is 9.35. The Kier molecular flexibility index (Phi) is 6.60. The standard InChI is InChI=1S/C26H28ClF2N4OP/c1-17-20(18-3-5-19(6-4-18)35(34)13-11-32(2)12-14-35)15-31-26-25(17)33(10-9-30-26)16-21-22(28)7-8-23(29)24(21)27/h3-8,15H,9-14,16H2,1-2H3,(H,30,31). The fourth-order valence-corrected chi connectivity index (χ4v) is 7.92. The number of rotatable bonds is 4. The van der Waals surface area contributed by atoms with Gasteiger partial charge in [0.2, 0.25) is 0 Å². The van der Waals surface area contributed by atoms with Crippen molar-refractivity contribution in [3.05, 3.63) is 70.4 Å². The van der Waals surface area contributed by atoms with Crippen LogP contribution in [-0.4, -0.2) is 55.4 Å². The van der Waals surface area contributed by atoms with Gasteiger partial charge in [0, 0.05) is 67.7 Å². The molecule has 1 saturated heterocycles. The Morgan fingerprint density at radius 3 is 2.46 bits per heavy atom. The van der Waals surface area contributed by atoms with Crippen molar-refractivity contribution in [1.29, 1.82) is 0 Å². The Balaban J connectivity index is 1.47. The van der Waals surface area contributed by atoms with Gasteiger partial charge in [-0.25, -0.2) is 13.8 Å². The maximum atomic E-state index is 14.5. The predicted octanol–water partition coefficient (Wildman–Crippen LogP) is 5.35. The van der Waals surface area contributed by atoms with Gasteiger partial charge in [0.25, 0.3) is 0 Å². The van der Waals surface area contributed by atoms with E-state index in [2.05, 4.69) is 22.2 Å². The number of hydrogen-bond donors (Lipinski definition) is 1. The molecule has 0 unspecified atom stereocenters. The summed E-state index contributed by atoms with van der Waals surface area (Å²) in [6.45, 7) is 5.08. The van der Waals surface area contributed by atoms with E-state index in [4.69, 9.17) is 11.6 Å². The van der Waals surface area contributed by atoms with Crippen molar-refractivity contribution in [3.8, 4) is 11.1 Å². The zero-order valence-corrected chi connectivity index (χ0v) is 21.5. The zero-order valence-electron chi connectivity index (χ0n) is 19.8. The van der Waals surface area contributed by atoms with Gasteiger partial charge >= 0.3 is 0 Å². The summed E-state index contributed by atoms with van der Waals surface area (Å²) in [5, 5.41) is 4.04. The molecule has 1 fully saturated rings. The molecule has 0 spiro atoms. The number of anilines is 2. The molecule has 5 rings (SSSR count). The number of aromatic nitrogens is 1. The molecule has 35 heavy (non-hydrogen) atoms. The molecule has 0 atom stereocenters. The van der Waals surface area contributed by atoms with Gasteiger partial charge in [0.05, 0.1) is 10.7 Å². The molecule has 3 aromatic rings. The van der Waals surface area contributed by atoms with Crippen LogP contribution >= 0.6 is 18.7 Å². The van der Waals surface area contributed by atoms with Crippen LogP contribution in [0.4, 0.5) is 20.3 Å². The molecule has 0 bridgehead atoms. The minimum Gasteiger partial charge on any atom is -0.367 e. The molecular weight excluding hydrogens is 489 g/mol. The van der Waals surface area contributed by atoms with E-state index in [1.54, 1.807) is 0 Å². The van der Waals surface area contributed by atoms with Gasteiger partial charge in [-0.2, -0.15) is 0 Å². The largest absolute Gasteiger partial charge is 0.367 e. The summed E-state index contributed by atoms with van der Waals surface area (Å²) in [6, 6.07) is 10.1. The summed E-state index contributed by atoms with van der Waals surface area (Å²) in [7, 11) is -0.299. The van der Waals surface area contributed by atoms with Crippen molar-refractivity contribution in [2.24, 2.45) is 0 Å². The van der Waals surface area contributed by atoms with Gasteiger partial charge in [0.15, 0.2) is 0 Å². The lowest BCUT2D eigenvalue weighted by Gasteiger charge is -2.34. The third-order valence-corrected chi connectivity index (χ3v) is 10.6. The van der Waals surface area contributed by atoms with Crippen LogP contribution in [0.2, 0.25) is 5.02 Å². The molecule has 0 radical (unpaired) electrons.